The zero-order valence-electron chi connectivity index (χ0n) is 12.0. The van der Waals surface area contributed by atoms with Crippen LogP contribution in [0.15, 0.2) is 18.2 Å². The Morgan fingerprint density at radius 1 is 1.45 bits per heavy atom. The lowest BCUT2D eigenvalue weighted by Crippen LogP contribution is -2.26. The van der Waals surface area contributed by atoms with E-state index in [1.54, 1.807) is 25.1 Å². The maximum Gasteiger partial charge on any atom is 0.235 e. The van der Waals surface area contributed by atoms with E-state index in [1.807, 2.05) is 25.1 Å². The number of sulfonamides is 1. The van der Waals surface area contributed by atoms with E-state index in [-0.39, 0.29) is 17.0 Å². The molecule has 0 saturated carbocycles. The quantitative estimate of drug-likeness (QED) is 0.858. The number of rotatable bonds is 6. The molecule has 110 valence electrons. The van der Waals surface area contributed by atoms with E-state index < -0.39 is 16.1 Å². The Balaban J connectivity index is 3.07. The molecule has 0 aromatic heterocycles. The molecule has 0 heterocycles. The third-order valence-electron chi connectivity index (χ3n) is 2.76. The molecule has 0 aliphatic rings. The fourth-order valence-electron chi connectivity index (χ4n) is 1.58. The van der Waals surface area contributed by atoms with E-state index in [9.17, 15) is 8.42 Å². The molecule has 0 spiro atoms. The number of ether oxygens (including phenoxy) is 1. The number of hydrogen-bond donors (Lipinski definition) is 1. The van der Waals surface area contributed by atoms with E-state index in [0.717, 1.165) is 5.69 Å². The Morgan fingerprint density at radius 3 is 2.60 bits per heavy atom. The smallest absolute Gasteiger partial charge is 0.235 e. The van der Waals surface area contributed by atoms with Gasteiger partial charge in [-0.1, -0.05) is 0 Å². The van der Waals surface area contributed by atoms with Crippen LogP contribution >= 0.6 is 0 Å². The lowest BCUT2D eigenvalue weighted by Gasteiger charge is -2.16. The predicted molar refractivity (Wildman–Crippen MR) is 79.4 cm³/mol. The number of benzene rings is 1. The van der Waals surface area contributed by atoms with Crippen molar-refractivity contribution in [1.82, 2.24) is 0 Å². The van der Waals surface area contributed by atoms with Crippen molar-refractivity contribution in [3.05, 3.63) is 23.8 Å². The van der Waals surface area contributed by atoms with Crippen molar-refractivity contribution >= 4 is 21.4 Å². The summed E-state index contributed by atoms with van der Waals surface area (Å²) in [5.41, 5.74) is 1.37. The fraction of sp³-hybridized carbons (Fsp3) is 0.462. The summed E-state index contributed by atoms with van der Waals surface area (Å²) in [6.07, 6.45) is -0.421. The van der Waals surface area contributed by atoms with E-state index in [2.05, 4.69) is 4.72 Å². The molecule has 0 radical (unpaired) electrons. The number of nitrogens with one attached hydrogen (secondary N) is 1. The first-order valence-corrected chi connectivity index (χ1v) is 7.69. The Morgan fingerprint density at radius 2 is 2.10 bits per heavy atom. The Kier molecular flexibility index (Phi) is 5.36. The van der Waals surface area contributed by atoms with Gasteiger partial charge in [0.1, 0.15) is 6.07 Å². The molecule has 1 aromatic carbocycles. The second-order valence-corrected chi connectivity index (χ2v) is 6.43. The minimum Gasteiger partial charge on any atom is -0.381 e. The average Bonchev–Trinajstić information content (AvgIpc) is 2.37. The van der Waals surface area contributed by atoms with Crippen molar-refractivity contribution in [1.29, 1.82) is 5.26 Å². The van der Waals surface area contributed by atoms with Crippen LogP contribution in [0.25, 0.3) is 0 Å². The molecule has 1 N–H and O–H groups in total. The molecular formula is C13H19N3O3S. The summed E-state index contributed by atoms with van der Waals surface area (Å²) in [4.78, 5) is 1.83. The van der Waals surface area contributed by atoms with E-state index in [0.29, 0.717) is 0 Å². The van der Waals surface area contributed by atoms with Gasteiger partial charge in [-0.15, -0.1) is 0 Å². The average molecular weight is 297 g/mol. The Hall–Kier alpha value is -1.78. The van der Waals surface area contributed by atoms with Gasteiger partial charge in [-0.3, -0.25) is 4.72 Å². The highest BCUT2D eigenvalue weighted by molar-refractivity contribution is 7.92. The van der Waals surface area contributed by atoms with Crippen molar-refractivity contribution < 1.29 is 13.2 Å². The standard InChI is InChI=1S/C13H19N3O3S/c1-10(19-4)9-20(17,18)15-13-7-12(16(2)3)6-5-11(13)8-14/h5-7,10,15H,9H2,1-4H3. The summed E-state index contributed by atoms with van der Waals surface area (Å²) in [6, 6.07) is 6.96. The number of hydrogen-bond acceptors (Lipinski definition) is 5. The van der Waals surface area contributed by atoms with Crippen LogP contribution in [0.1, 0.15) is 12.5 Å². The normalized spacial score (nSPS) is 12.6. The molecule has 1 unspecified atom stereocenters. The van der Waals surface area contributed by atoms with Crippen molar-refractivity contribution in [2.24, 2.45) is 0 Å². The summed E-state index contributed by atoms with van der Waals surface area (Å²) in [7, 11) is 1.57. The molecule has 0 fully saturated rings. The largest absolute Gasteiger partial charge is 0.381 e. The van der Waals surface area contributed by atoms with Gasteiger partial charge in [-0.2, -0.15) is 5.26 Å². The monoisotopic (exact) mass is 297 g/mol. The van der Waals surface area contributed by atoms with Gasteiger partial charge in [-0.25, -0.2) is 8.42 Å². The van der Waals surface area contributed by atoms with Crippen LogP contribution in [0, 0.1) is 11.3 Å². The number of methoxy groups -OCH3 is 1. The van der Waals surface area contributed by atoms with Crippen LogP contribution < -0.4 is 9.62 Å². The Bertz CT molecular complexity index is 606. The van der Waals surface area contributed by atoms with Crippen LogP contribution in [0.4, 0.5) is 11.4 Å². The number of nitrogens with zero attached hydrogens (tertiary/aromatic N) is 2. The molecular weight excluding hydrogens is 278 g/mol. The first kappa shape index (κ1) is 16.3. The minimum absolute atomic E-state index is 0.166. The maximum absolute atomic E-state index is 12.0. The minimum atomic E-state index is -3.57. The molecule has 1 rings (SSSR count). The lowest BCUT2D eigenvalue weighted by molar-refractivity contribution is 0.136. The number of anilines is 2. The summed E-state index contributed by atoms with van der Waals surface area (Å²) in [6.45, 7) is 1.67. The molecule has 7 heteroatoms. The number of nitriles is 1. The Labute approximate surface area is 120 Å². The maximum atomic E-state index is 12.0. The molecule has 1 aromatic rings. The van der Waals surface area contributed by atoms with E-state index in [1.165, 1.54) is 7.11 Å². The van der Waals surface area contributed by atoms with E-state index >= 15 is 0 Å². The van der Waals surface area contributed by atoms with Gasteiger partial charge in [-0.05, 0) is 25.1 Å². The SMILES string of the molecule is COC(C)CS(=O)(=O)Nc1cc(N(C)C)ccc1C#N. The molecule has 20 heavy (non-hydrogen) atoms. The molecule has 0 aliphatic heterocycles. The molecule has 6 nitrogen and oxygen atoms in total. The van der Waals surface area contributed by atoms with Gasteiger partial charge in [0.2, 0.25) is 10.0 Å². The first-order valence-electron chi connectivity index (χ1n) is 6.04. The van der Waals surface area contributed by atoms with Crippen molar-refractivity contribution in [3.8, 4) is 6.07 Å². The van der Waals surface area contributed by atoms with Crippen LogP contribution in [-0.2, 0) is 14.8 Å². The molecule has 0 saturated heterocycles. The van der Waals surface area contributed by atoms with Crippen molar-refractivity contribution in [3.63, 3.8) is 0 Å². The fourth-order valence-corrected chi connectivity index (χ4v) is 2.92. The van der Waals surface area contributed by atoms with Gasteiger partial charge >= 0.3 is 0 Å². The molecule has 0 aliphatic carbocycles. The summed E-state index contributed by atoms with van der Waals surface area (Å²) in [5, 5.41) is 9.05. The topological polar surface area (TPSA) is 82.4 Å². The van der Waals surface area contributed by atoms with E-state index in [4.69, 9.17) is 10.00 Å². The van der Waals surface area contributed by atoms with Crippen LogP contribution in [-0.4, -0.2) is 41.5 Å². The highest BCUT2D eigenvalue weighted by Gasteiger charge is 2.17. The molecule has 1 atom stereocenters. The molecule has 0 amide bonds. The van der Waals surface area contributed by atoms with Crippen molar-refractivity contribution in [2.75, 3.05) is 36.6 Å². The highest BCUT2D eigenvalue weighted by atomic mass is 32.2. The van der Waals surface area contributed by atoms with Crippen molar-refractivity contribution in [2.45, 2.75) is 13.0 Å². The predicted octanol–water partition coefficient (Wildman–Crippen LogP) is 1.40. The highest BCUT2D eigenvalue weighted by Crippen LogP contribution is 2.23. The lowest BCUT2D eigenvalue weighted by atomic mass is 10.2. The zero-order valence-corrected chi connectivity index (χ0v) is 12.9. The van der Waals surface area contributed by atoms with Gasteiger partial charge in [0.25, 0.3) is 0 Å². The van der Waals surface area contributed by atoms with Gasteiger partial charge in [0.05, 0.1) is 23.1 Å². The van der Waals surface area contributed by atoms with Gasteiger partial charge in [0, 0.05) is 26.9 Å². The second-order valence-electron chi connectivity index (χ2n) is 4.67. The third kappa shape index (κ3) is 4.40. The van der Waals surface area contributed by atoms with Crippen LogP contribution in [0.2, 0.25) is 0 Å². The van der Waals surface area contributed by atoms with Crippen LogP contribution in [0.3, 0.4) is 0 Å². The summed E-state index contributed by atoms with van der Waals surface area (Å²) >= 11 is 0. The van der Waals surface area contributed by atoms with Crippen LogP contribution in [0.5, 0.6) is 0 Å². The molecule has 0 bridgehead atoms. The van der Waals surface area contributed by atoms with Gasteiger partial charge < -0.3 is 9.64 Å². The zero-order chi connectivity index (χ0) is 15.3. The third-order valence-corrected chi connectivity index (χ3v) is 4.20. The summed E-state index contributed by atoms with van der Waals surface area (Å²) < 4.78 is 31.4. The first-order chi connectivity index (χ1) is 9.29. The van der Waals surface area contributed by atoms with Gasteiger partial charge in [0.15, 0.2) is 0 Å². The summed E-state index contributed by atoms with van der Waals surface area (Å²) in [5.74, 6) is -0.166. The second kappa shape index (κ2) is 6.59.